The van der Waals surface area contributed by atoms with Crippen LogP contribution in [0, 0.1) is 12.8 Å². The summed E-state index contributed by atoms with van der Waals surface area (Å²) in [5.41, 5.74) is 3.13. The molecule has 1 aromatic carbocycles. The summed E-state index contributed by atoms with van der Waals surface area (Å²) >= 11 is 1.41. The van der Waals surface area contributed by atoms with Gasteiger partial charge < -0.3 is 15.2 Å². The second-order valence-electron chi connectivity index (χ2n) is 6.32. The minimum Gasteiger partial charge on any atom is -0.389 e. The zero-order chi connectivity index (χ0) is 17.5. The van der Waals surface area contributed by atoms with Gasteiger partial charge >= 0.3 is 0 Å². The van der Waals surface area contributed by atoms with Crippen molar-refractivity contribution >= 4 is 17.2 Å². The number of aliphatic hydroxyl groups is 1. The van der Waals surface area contributed by atoms with Gasteiger partial charge in [0.15, 0.2) is 0 Å². The van der Waals surface area contributed by atoms with Crippen molar-refractivity contribution in [1.29, 1.82) is 0 Å². The molecule has 0 bridgehead atoms. The van der Waals surface area contributed by atoms with Crippen LogP contribution in [0.2, 0.25) is 0 Å². The van der Waals surface area contributed by atoms with Gasteiger partial charge in [-0.2, -0.15) is 0 Å². The summed E-state index contributed by atoms with van der Waals surface area (Å²) in [6, 6.07) is 10.0. The van der Waals surface area contributed by atoms with Crippen LogP contribution in [-0.2, 0) is 4.74 Å². The molecule has 0 aliphatic rings. The zero-order valence-electron chi connectivity index (χ0n) is 14.4. The number of thiophene rings is 1. The highest BCUT2D eigenvalue weighted by Gasteiger charge is 2.15. The van der Waals surface area contributed by atoms with Crippen molar-refractivity contribution in [2.75, 3.05) is 19.8 Å². The smallest absolute Gasteiger partial charge is 0.262 e. The zero-order valence-corrected chi connectivity index (χ0v) is 15.2. The van der Waals surface area contributed by atoms with Crippen molar-refractivity contribution in [3.63, 3.8) is 0 Å². The molecule has 0 spiro atoms. The minimum atomic E-state index is -0.699. The number of nitrogens with one attached hydrogen (secondary N) is 1. The fraction of sp³-hybridized carbons (Fsp3) is 0.421. The van der Waals surface area contributed by atoms with E-state index in [9.17, 15) is 9.90 Å². The van der Waals surface area contributed by atoms with Crippen LogP contribution < -0.4 is 5.32 Å². The molecule has 0 radical (unpaired) electrons. The molecule has 0 fully saturated rings. The molecule has 1 aromatic heterocycles. The van der Waals surface area contributed by atoms with Crippen molar-refractivity contribution in [2.24, 2.45) is 5.92 Å². The van der Waals surface area contributed by atoms with E-state index < -0.39 is 6.10 Å². The van der Waals surface area contributed by atoms with E-state index in [0.717, 1.165) is 11.1 Å². The van der Waals surface area contributed by atoms with E-state index in [-0.39, 0.29) is 19.1 Å². The summed E-state index contributed by atoms with van der Waals surface area (Å²) in [5.74, 6) is 0.262. The first-order valence-corrected chi connectivity index (χ1v) is 9.04. The number of amides is 1. The number of aliphatic hydroxyl groups excluding tert-OH is 1. The Bertz CT molecular complexity index is 649. The lowest BCUT2D eigenvalue weighted by atomic mass is 10.0. The molecule has 0 aliphatic heterocycles. The van der Waals surface area contributed by atoms with Crippen LogP contribution in [0.3, 0.4) is 0 Å². The largest absolute Gasteiger partial charge is 0.389 e. The molecule has 130 valence electrons. The standard InChI is InChI=1S/C19H25NO3S/c1-13(2)11-23-12-16(21)10-20-19(22)18-17(8-9-24-18)15-6-4-14(3)5-7-15/h4-9,13,16,21H,10-12H2,1-3H3,(H,20,22). The maximum atomic E-state index is 12.4. The Morgan fingerprint density at radius 1 is 1.21 bits per heavy atom. The number of benzene rings is 1. The van der Waals surface area contributed by atoms with Gasteiger partial charge in [-0.25, -0.2) is 0 Å². The Morgan fingerprint density at radius 2 is 1.92 bits per heavy atom. The van der Waals surface area contributed by atoms with E-state index in [0.29, 0.717) is 17.4 Å². The number of hydrogen-bond donors (Lipinski definition) is 2. The minimum absolute atomic E-state index is 0.163. The molecular weight excluding hydrogens is 322 g/mol. The van der Waals surface area contributed by atoms with Crippen LogP contribution >= 0.6 is 11.3 Å². The lowest BCUT2D eigenvalue weighted by Gasteiger charge is -2.13. The van der Waals surface area contributed by atoms with Gasteiger partial charge in [-0.15, -0.1) is 11.3 Å². The van der Waals surface area contributed by atoms with Crippen molar-refractivity contribution in [3.8, 4) is 11.1 Å². The van der Waals surface area contributed by atoms with Crippen LogP contribution in [0.15, 0.2) is 35.7 Å². The highest BCUT2D eigenvalue weighted by Crippen LogP contribution is 2.28. The molecule has 4 nitrogen and oxygen atoms in total. The predicted molar refractivity (Wildman–Crippen MR) is 98.5 cm³/mol. The Morgan fingerprint density at radius 3 is 2.58 bits per heavy atom. The predicted octanol–water partition coefficient (Wildman–Crippen LogP) is 3.49. The summed E-state index contributed by atoms with van der Waals surface area (Å²) in [6.45, 7) is 7.16. The van der Waals surface area contributed by atoms with Crippen molar-refractivity contribution in [1.82, 2.24) is 5.32 Å². The summed E-state index contributed by atoms with van der Waals surface area (Å²) < 4.78 is 5.39. The number of ether oxygens (including phenoxy) is 1. The highest BCUT2D eigenvalue weighted by atomic mass is 32.1. The molecule has 2 N–H and O–H groups in total. The van der Waals surface area contributed by atoms with Crippen LogP contribution in [0.5, 0.6) is 0 Å². The summed E-state index contributed by atoms with van der Waals surface area (Å²) in [7, 11) is 0. The highest BCUT2D eigenvalue weighted by molar-refractivity contribution is 7.12. The molecule has 1 amide bonds. The molecule has 1 unspecified atom stereocenters. The van der Waals surface area contributed by atoms with Crippen molar-refractivity contribution < 1.29 is 14.6 Å². The molecule has 0 saturated carbocycles. The fourth-order valence-electron chi connectivity index (χ4n) is 2.24. The summed E-state index contributed by atoms with van der Waals surface area (Å²) in [5, 5.41) is 14.6. The maximum absolute atomic E-state index is 12.4. The lowest BCUT2D eigenvalue weighted by Crippen LogP contribution is -2.34. The third kappa shape index (κ3) is 5.44. The first-order chi connectivity index (χ1) is 11.5. The summed E-state index contributed by atoms with van der Waals surface area (Å²) in [4.78, 5) is 13.1. The lowest BCUT2D eigenvalue weighted by molar-refractivity contribution is 0.0259. The van der Waals surface area contributed by atoms with Gasteiger partial charge in [0.05, 0.1) is 17.6 Å². The molecule has 0 aliphatic carbocycles. The third-order valence-electron chi connectivity index (χ3n) is 3.49. The maximum Gasteiger partial charge on any atom is 0.262 e. The quantitative estimate of drug-likeness (QED) is 0.768. The van der Waals surface area contributed by atoms with Gasteiger partial charge in [-0.05, 0) is 29.9 Å². The molecular formula is C19H25NO3S. The first-order valence-electron chi connectivity index (χ1n) is 8.16. The van der Waals surface area contributed by atoms with Crippen LogP contribution in [0.1, 0.15) is 29.1 Å². The van der Waals surface area contributed by atoms with Gasteiger partial charge in [0, 0.05) is 18.7 Å². The van der Waals surface area contributed by atoms with Gasteiger partial charge in [-0.1, -0.05) is 43.7 Å². The van der Waals surface area contributed by atoms with E-state index in [1.54, 1.807) is 0 Å². The number of rotatable bonds is 8. The average molecular weight is 347 g/mol. The number of aryl methyl sites for hydroxylation is 1. The molecule has 24 heavy (non-hydrogen) atoms. The molecule has 0 saturated heterocycles. The van der Waals surface area contributed by atoms with E-state index in [2.05, 4.69) is 19.2 Å². The average Bonchev–Trinajstić information content (AvgIpc) is 3.02. The Hall–Kier alpha value is -1.69. The van der Waals surface area contributed by atoms with Gasteiger partial charge in [-0.3, -0.25) is 4.79 Å². The second-order valence-corrected chi connectivity index (χ2v) is 7.24. The number of carbonyl (C=O) groups is 1. The summed E-state index contributed by atoms with van der Waals surface area (Å²) in [6.07, 6.45) is -0.699. The molecule has 2 rings (SSSR count). The topological polar surface area (TPSA) is 58.6 Å². The van der Waals surface area contributed by atoms with Gasteiger partial charge in [0.25, 0.3) is 5.91 Å². The van der Waals surface area contributed by atoms with E-state index in [1.165, 1.54) is 16.9 Å². The van der Waals surface area contributed by atoms with Gasteiger partial charge in [0.2, 0.25) is 0 Å². The number of carbonyl (C=O) groups excluding carboxylic acids is 1. The van der Waals surface area contributed by atoms with Crippen LogP contribution in [0.4, 0.5) is 0 Å². The Labute approximate surface area is 147 Å². The van der Waals surface area contributed by atoms with Crippen LogP contribution in [0.25, 0.3) is 11.1 Å². The Balaban J connectivity index is 1.91. The van der Waals surface area contributed by atoms with E-state index in [4.69, 9.17) is 4.74 Å². The second kappa shape index (κ2) is 8.97. The van der Waals surface area contributed by atoms with Gasteiger partial charge in [0.1, 0.15) is 0 Å². The van der Waals surface area contributed by atoms with E-state index >= 15 is 0 Å². The first kappa shape index (κ1) is 18.6. The Kier molecular flexibility index (Phi) is 6.97. The SMILES string of the molecule is Cc1ccc(-c2ccsc2C(=O)NCC(O)COCC(C)C)cc1. The number of hydrogen-bond acceptors (Lipinski definition) is 4. The molecule has 1 heterocycles. The normalized spacial score (nSPS) is 12.4. The third-order valence-corrected chi connectivity index (χ3v) is 4.41. The van der Waals surface area contributed by atoms with E-state index in [1.807, 2.05) is 42.6 Å². The fourth-order valence-corrected chi connectivity index (χ4v) is 3.07. The molecule has 1 atom stereocenters. The van der Waals surface area contributed by atoms with Crippen molar-refractivity contribution in [3.05, 3.63) is 46.2 Å². The van der Waals surface area contributed by atoms with Crippen molar-refractivity contribution in [2.45, 2.75) is 26.9 Å². The van der Waals surface area contributed by atoms with Crippen LogP contribution in [-0.4, -0.2) is 36.9 Å². The molecule has 5 heteroatoms. The monoisotopic (exact) mass is 347 g/mol. The molecule has 2 aromatic rings.